The predicted molar refractivity (Wildman–Crippen MR) is 83.1 cm³/mol. The SMILES string of the molecule is O=C(N[C@H](Cc1ccccc1F)C(=O)O)c1cccc(Br)c1. The highest BCUT2D eigenvalue weighted by Gasteiger charge is 2.22. The first-order valence-electron chi connectivity index (χ1n) is 6.50. The number of carbonyl (C=O) groups excluding carboxylic acids is 1. The summed E-state index contributed by atoms with van der Waals surface area (Å²) in [5, 5.41) is 11.6. The largest absolute Gasteiger partial charge is 0.480 e. The van der Waals surface area contributed by atoms with E-state index in [9.17, 15) is 19.1 Å². The molecule has 0 saturated heterocycles. The molecule has 0 aliphatic rings. The van der Waals surface area contributed by atoms with Crippen molar-refractivity contribution in [2.45, 2.75) is 12.5 Å². The van der Waals surface area contributed by atoms with E-state index in [-0.39, 0.29) is 12.0 Å². The first kappa shape index (κ1) is 16.2. The Kier molecular flexibility index (Phi) is 5.27. The highest BCUT2D eigenvalue weighted by molar-refractivity contribution is 9.10. The second kappa shape index (κ2) is 7.17. The highest BCUT2D eigenvalue weighted by Crippen LogP contribution is 2.13. The van der Waals surface area contributed by atoms with Crippen LogP contribution in [0.5, 0.6) is 0 Å². The molecule has 1 atom stereocenters. The molecule has 0 heterocycles. The van der Waals surface area contributed by atoms with Crippen molar-refractivity contribution in [3.8, 4) is 0 Å². The number of rotatable bonds is 5. The molecule has 1 amide bonds. The molecule has 2 aromatic carbocycles. The average Bonchev–Trinajstić information content (AvgIpc) is 2.48. The van der Waals surface area contributed by atoms with E-state index in [0.717, 1.165) is 0 Å². The average molecular weight is 366 g/mol. The first-order valence-corrected chi connectivity index (χ1v) is 7.29. The second-order valence-corrected chi connectivity index (χ2v) is 5.59. The zero-order chi connectivity index (χ0) is 16.1. The number of aliphatic carboxylic acids is 1. The van der Waals surface area contributed by atoms with Crippen molar-refractivity contribution in [3.63, 3.8) is 0 Å². The fourth-order valence-corrected chi connectivity index (χ4v) is 2.35. The molecule has 22 heavy (non-hydrogen) atoms. The molecule has 2 aromatic rings. The Morgan fingerprint density at radius 1 is 1.18 bits per heavy atom. The van der Waals surface area contributed by atoms with Crippen molar-refractivity contribution in [2.75, 3.05) is 0 Å². The van der Waals surface area contributed by atoms with Gasteiger partial charge in [0, 0.05) is 16.5 Å². The van der Waals surface area contributed by atoms with Crippen molar-refractivity contribution in [1.29, 1.82) is 0 Å². The Balaban J connectivity index is 2.14. The third-order valence-electron chi connectivity index (χ3n) is 3.07. The molecular weight excluding hydrogens is 353 g/mol. The summed E-state index contributed by atoms with van der Waals surface area (Å²) in [5.74, 6) is -2.23. The minimum Gasteiger partial charge on any atom is -0.480 e. The summed E-state index contributed by atoms with van der Waals surface area (Å²) in [4.78, 5) is 23.4. The Bertz CT molecular complexity index is 705. The summed E-state index contributed by atoms with van der Waals surface area (Å²) in [7, 11) is 0. The van der Waals surface area contributed by atoms with Crippen molar-refractivity contribution >= 4 is 27.8 Å². The van der Waals surface area contributed by atoms with Gasteiger partial charge in [-0.2, -0.15) is 0 Å². The Morgan fingerprint density at radius 2 is 1.91 bits per heavy atom. The summed E-state index contributed by atoms with van der Waals surface area (Å²) < 4.78 is 14.3. The summed E-state index contributed by atoms with van der Waals surface area (Å²) >= 11 is 3.24. The van der Waals surface area contributed by atoms with Gasteiger partial charge in [-0.05, 0) is 29.8 Å². The number of benzene rings is 2. The fourth-order valence-electron chi connectivity index (χ4n) is 1.96. The molecule has 6 heteroatoms. The van der Waals surface area contributed by atoms with Crippen LogP contribution in [-0.2, 0) is 11.2 Å². The van der Waals surface area contributed by atoms with Gasteiger partial charge in [0.2, 0.25) is 0 Å². The molecule has 2 rings (SSSR count). The Morgan fingerprint density at radius 3 is 2.55 bits per heavy atom. The molecule has 0 aliphatic carbocycles. The maximum absolute atomic E-state index is 13.6. The number of carboxylic acid groups (broad SMARTS) is 1. The van der Waals surface area contributed by atoms with E-state index in [1.54, 1.807) is 30.3 Å². The second-order valence-electron chi connectivity index (χ2n) is 4.67. The monoisotopic (exact) mass is 365 g/mol. The molecule has 0 bridgehead atoms. The van der Waals surface area contributed by atoms with Crippen LogP contribution in [0, 0.1) is 5.82 Å². The number of hydrogen-bond donors (Lipinski definition) is 2. The van der Waals surface area contributed by atoms with E-state index in [2.05, 4.69) is 21.2 Å². The van der Waals surface area contributed by atoms with Crippen LogP contribution in [-0.4, -0.2) is 23.0 Å². The van der Waals surface area contributed by atoms with Gasteiger partial charge in [-0.15, -0.1) is 0 Å². The minimum atomic E-state index is -1.22. The molecule has 0 aromatic heterocycles. The number of amides is 1. The highest BCUT2D eigenvalue weighted by atomic mass is 79.9. The van der Waals surface area contributed by atoms with Crippen molar-refractivity contribution in [1.82, 2.24) is 5.32 Å². The Hall–Kier alpha value is -2.21. The molecule has 0 spiro atoms. The summed E-state index contributed by atoms with van der Waals surface area (Å²) in [6, 6.07) is 11.3. The molecule has 2 N–H and O–H groups in total. The summed E-state index contributed by atoms with van der Waals surface area (Å²) in [5.41, 5.74) is 0.568. The lowest BCUT2D eigenvalue weighted by Gasteiger charge is -2.15. The maximum atomic E-state index is 13.6. The molecule has 0 unspecified atom stereocenters. The maximum Gasteiger partial charge on any atom is 0.326 e. The molecule has 4 nitrogen and oxygen atoms in total. The lowest BCUT2D eigenvalue weighted by molar-refractivity contribution is -0.139. The number of carboxylic acids is 1. The number of carbonyl (C=O) groups is 2. The zero-order valence-electron chi connectivity index (χ0n) is 11.4. The van der Waals surface area contributed by atoms with Gasteiger partial charge in [-0.3, -0.25) is 4.79 Å². The summed E-state index contributed by atoms with van der Waals surface area (Å²) in [6.45, 7) is 0. The first-order chi connectivity index (χ1) is 10.5. The number of halogens is 2. The van der Waals surface area contributed by atoms with Crippen molar-refractivity contribution < 1.29 is 19.1 Å². The smallest absolute Gasteiger partial charge is 0.326 e. The number of hydrogen-bond acceptors (Lipinski definition) is 2. The van der Waals surface area contributed by atoms with Gasteiger partial charge in [-0.1, -0.05) is 40.2 Å². The van der Waals surface area contributed by atoms with Crippen LogP contribution < -0.4 is 5.32 Å². The fraction of sp³-hybridized carbons (Fsp3) is 0.125. The van der Waals surface area contributed by atoms with Crippen LogP contribution in [0.1, 0.15) is 15.9 Å². The van der Waals surface area contributed by atoms with E-state index < -0.39 is 23.7 Å². The van der Waals surface area contributed by atoms with Gasteiger partial charge in [0.25, 0.3) is 5.91 Å². The van der Waals surface area contributed by atoms with Gasteiger partial charge in [0.15, 0.2) is 0 Å². The zero-order valence-corrected chi connectivity index (χ0v) is 13.0. The number of nitrogens with one attached hydrogen (secondary N) is 1. The molecule has 0 fully saturated rings. The van der Waals surface area contributed by atoms with Crippen molar-refractivity contribution in [3.05, 3.63) is 69.9 Å². The third kappa shape index (κ3) is 4.14. The summed E-state index contributed by atoms with van der Waals surface area (Å²) in [6.07, 6.45) is -0.123. The lowest BCUT2D eigenvalue weighted by atomic mass is 10.0. The Labute approximate surface area is 135 Å². The van der Waals surface area contributed by atoms with Gasteiger partial charge in [-0.25, -0.2) is 9.18 Å². The van der Waals surface area contributed by atoms with Crippen molar-refractivity contribution in [2.24, 2.45) is 0 Å². The van der Waals surface area contributed by atoms with Gasteiger partial charge in [0.1, 0.15) is 11.9 Å². The molecule has 0 aliphatic heterocycles. The van der Waals surface area contributed by atoms with Gasteiger partial charge < -0.3 is 10.4 Å². The van der Waals surface area contributed by atoms with E-state index in [1.165, 1.54) is 18.2 Å². The van der Waals surface area contributed by atoms with E-state index in [4.69, 9.17) is 0 Å². The van der Waals surface area contributed by atoms with Crippen LogP contribution in [0.15, 0.2) is 53.0 Å². The van der Waals surface area contributed by atoms with Crippen LogP contribution in [0.4, 0.5) is 4.39 Å². The molecule has 114 valence electrons. The molecular formula is C16H13BrFNO3. The standard InChI is InChI=1S/C16H13BrFNO3/c17-12-6-3-5-11(8-12)15(20)19-14(16(21)22)9-10-4-1-2-7-13(10)18/h1-8,14H,9H2,(H,19,20)(H,21,22)/t14-/m1/s1. The normalized spacial score (nSPS) is 11.7. The van der Waals surface area contributed by atoms with E-state index >= 15 is 0 Å². The van der Waals surface area contributed by atoms with Crippen LogP contribution in [0.2, 0.25) is 0 Å². The predicted octanol–water partition coefficient (Wildman–Crippen LogP) is 3.01. The van der Waals surface area contributed by atoms with Gasteiger partial charge in [0.05, 0.1) is 0 Å². The van der Waals surface area contributed by atoms with E-state index in [1.807, 2.05) is 0 Å². The lowest BCUT2D eigenvalue weighted by Crippen LogP contribution is -2.42. The topological polar surface area (TPSA) is 66.4 Å². The quantitative estimate of drug-likeness (QED) is 0.855. The van der Waals surface area contributed by atoms with Crippen LogP contribution >= 0.6 is 15.9 Å². The van der Waals surface area contributed by atoms with Crippen LogP contribution in [0.25, 0.3) is 0 Å². The molecule has 0 saturated carbocycles. The van der Waals surface area contributed by atoms with E-state index in [0.29, 0.717) is 10.0 Å². The van der Waals surface area contributed by atoms with Crippen LogP contribution in [0.3, 0.4) is 0 Å². The molecule has 0 radical (unpaired) electrons. The van der Waals surface area contributed by atoms with Gasteiger partial charge >= 0.3 is 5.97 Å². The minimum absolute atomic E-state index is 0.123. The third-order valence-corrected chi connectivity index (χ3v) is 3.57.